The molecule has 0 aliphatic heterocycles. The van der Waals surface area contributed by atoms with E-state index in [0.29, 0.717) is 0 Å². The Balaban J connectivity index is 2.29. The van der Waals surface area contributed by atoms with E-state index in [9.17, 15) is 4.79 Å². The van der Waals surface area contributed by atoms with Crippen molar-refractivity contribution in [2.75, 3.05) is 0 Å². The van der Waals surface area contributed by atoms with E-state index in [1.807, 2.05) is 37.3 Å². The summed E-state index contributed by atoms with van der Waals surface area (Å²) in [6, 6.07) is 9.76. The van der Waals surface area contributed by atoms with Gasteiger partial charge in [0.15, 0.2) is 0 Å². The maximum absolute atomic E-state index is 10.8. The number of carboxylic acids is 1. The summed E-state index contributed by atoms with van der Waals surface area (Å²) in [4.78, 5) is 10.8. The van der Waals surface area contributed by atoms with Gasteiger partial charge in [0.05, 0.1) is 6.42 Å². The van der Waals surface area contributed by atoms with Crippen LogP contribution in [0.1, 0.15) is 11.1 Å². The zero-order valence-electron chi connectivity index (χ0n) is 10.2. The van der Waals surface area contributed by atoms with Crippen molar-refractivity contribution in [1.29, 1.82) is 0 Å². The van der Waals surface area contributed by atoms with Gasteiger partial charge in [0, 0.05) is 25.2 Å². The van der Waals surface area contributed by atoms with Crippen LogP contribution in [0.25, 0.3) is 20.2 Å². The summed E-state index contributed by atoms with van der Waals surface area (Å²) >= 11 is 7.85. The SMILES string of the molecule is Cc1c(Cl)ccc2sc3cc(CC(=O)O)ccc3c12. The topological polar surface area (TPSA) is 37.3 Å². The molecule has 0 aliphatic rings. The van der Waals surface area contributed by atoms with E-state index in [-0.39, 0.29) is 6.42 Å². The number of thiophene rings is 1. The molecule has 0 atom stereocenters. The fraction of sp³-hybridized carbons (Fsp3) is 0.133. The van der Waals surface area contributed by atoms with Gasteiger partial charge >= 0.3 is 5.97 Å². The molecule has 0 bridgehead atoms. The Labute approximate surface area is 119 Å². The minimum absolute atomic E-state index is 0.0594. The van der Waals surface area contributed by atoms with Gasteiger partial charge in [0.2, 0.25) is 0 Å². The van der Waals surface area contributed by atoms with Crippen LogP contribution in [0.2, 0.25) is 5.02 Å². The largest absolute Gasteiger partial charge is 0.481 e. The lowest BCUT2D eigenvalue weighted by Gasteiger charge is -2.01. The number of fused-ring (bicyclic) bond motifs is 3. The van der Waals surface area contributed by atoms with Crippen LogP contribution in [0.5, 0.6) is 0 Å². The van der Waals surface area contributed by atoms with E-state index in [4.69, 9.17) is 16.7 Å². The Bertz CT molecular complexity index is 805. The predicted molar refractivity (Wildman–Crippen MR) is 80.4 cm³/mol. The molecule has 2 aromatic carbocycles. The van der Waals surface area contributed by atoms with Crippen LogP contribution in [0.3, 0.4) is 0 Å². The number of benzene rings is 2. The quantitative estimate of drug-likeness (QED) is 0.746. The molecule has 4 heteroatoms. The molecule has 0 radical (unpaired) electrons. The summed E-state index contributed by atoms with van der Waals surface area (Å²) in [6.07, 6.45) is 0.0594. The molecule has 1 aromatic heterocycles. The highest BCUT2D eigenvalue weighted by Crippen LogP contribution is 2.38. The number of hydrogen-bond acceptors (Lipinski definition) is 2. The third kappa shape index (κ3) is 2.09. The van der Waals surface area contributed by atoms with Gasteiger partial charge in [0.1, 0.15) is 0 Å². The van der Waals surface area contributed by atoms with Crippen molar-refractivity contribution in [3.63, 3.8) is 0 Å². The number of carbonyl (C=O) groups is 1. The van der Waals surface area contributed by atoms with Crippen LogP contribution in [-0.4, -0.2) is 11.1 Å². The van der Waals surface area contributed by atoms with Crippen LogP contribution in [0, 0.1) is 6.92 Å². The van der Waals surface area contributed by atoms with Gasteiger partial charge in [0.25, 0.3) is 0 Å². The molecule has 0 fully saturated rings. The van der Waals surface area contributed by atoms with Gasteiger partial charge in [-0.25, -0.2) is 0 Å². The van der Waals surface area contributed by atoms with Crippen molar-refractivity contribution in [2.45, 2.75) is 13.3 Å². The van der Waals surface area contributed by atoms with Crippen molar-refractivity contribution in [3.8, 4) is 0 Å². The van der Waals surface area contributed by atoms with Crippen LogP contribution in [0.15, 0.2) is 30.3 Å². The predicted octanol–water partition coefficient (Wildman–Crippen LogP) is 4.64. The van der Waals surface area contributed by atoms with Crippen molar-refractivity contribution in [1.82, 2.24) is 0 Å². The molecule has 3 rings (SSSR count). The molecule has 0 saturated carbocycles. The van der Waals surface area contributed by atoms with E-state index in [0.717, 1.165) is 26.2 Å². The summed E-state index contributed by atoms with van der Waals surface area (Å²) in [7, 11) is 0. The Morgan fingerprint density at radius 2 is 2.05 bits per heavy atom. The van der Waals surface area contributed by atoms with Gasteiger partial charge in [-0.3, -0.25) is 4.79 Å². The maximum atomic E-state index is 10.8. The van der Waals surface area contributed by atoms with Crippen molar-refractivity contribution >= 4 is 49.1 Å². The van der Waals surface area contributed by atoms with E-state index in [2.05, 4.69) is 0 Å². The Morgan fingerprint density at radius 3 is 2.79 bits per heavy atom. The number of rotatable bonds is 2. The zero-order chi connectivity index (χ0) is 13.6. The third-order valence-corrected chi connectivity index (χ3v) is 4.78. The monoisotopic (exact) mass is 290 g/mol. The number of aryl methyl sites for hydroxylation is 1. The lowest BCUT2D eigenvalue weighted by atomic mass is 10.1. The summed E-state index contributed by atoms with van der Waals surface area (Å²) in [5.74, 6) is -0.806. The number of carboxylic acid groups (broad SMARTS) is 1. The van der Waals surface area contributed by atoms with Crippen molar-refractivity contribution in [3.05, 3.63) is 46.5 Å². The summed E-state index contributed by atoms with van der Waals surface area (Å²) in [5, 5.41) is 11.9. The van der Waals surface area contributed by atoms with E-state index < -0.39 is 5.97 Å². The van der Waals surface area contributed by atoms with Crippen molar-refractivity contribution < 1.29 is 9.90 Å². The lowest BCUT2D eigenvalue weighted by Crippen LogP contribution is -1.99. The molecule has 1 heterocycles. The standard InChI is InChI=1S/C15H11ClO2S/c1-8-11(16)4-5-12-15(8)10-3-2-9(7-14(17)18)6-13(10)19-12/h2-6H,7H2,1H3,(H,17,18). The Kier molecular flexibility index (Phi) is 2.96. The molecule has 3 aromatic rings. The first-order valence-electron chi connectivity index (χ1n) is 5.88. The fourth-order valence-corrected chi connectivity index (χ4v) is 3.73. The molecule has 0 unspecified atom stereocenters. The van der Waals surface area contributed by atoms with Crippen molar-refractivity contribution in [2.24, 2.45) is 0 Å². The van der Waals surface area contributed by atoms with E-state index in [1.165, 1.54) is 10.1 Å². The van der Waals surface area contributed by atoms with Gasteiger partial charge < -0.3 is 5.11 Å². The van der Waals surface area contributed by atoms with Crippen LogP contribution >= 0.6 is 22.9 Å². The second-order valence-electron chi connectivity index (χ2n) is 4.55. The third-order valence-electron chi connectivity index (χ3n) is 3.25. The first-order valence-corrected chi connectivity index (χ1v) is 7.08. The first-order chi connectivity index (χ1) is 9.06. The van der Waals surface area contributed by atoms with E-state index in [1.54, 1.807) is 11.3 Å². The molecular formula is C15H11ClO2S. The average Bonchev–Trinajstić information content (AvgIpc) is 2.71. The van der Waals surface area contributed by atoms with Gasteiger partial charge in [-0.1, -0.05) is 23.7 Å². The molecule has 0 saturated heterocycles. The van der Waals surface area contributed by atoms with Gasteiger partial charge in [-0.05, 0) is 36.2 Å². The van der Waals surface area contributed by atoms with Crippen LogP contribution in [-0.2, 0) is 11.2 Å². The minimum atomic E-state index is -0.806. The van der Waals surface area contributed by atoms with Crippen LogP contribution < -0.4 is 0 Å². The normalized spacial score (nSPS) is 11.3. The molecule has 19 heavy (non-hydrogen) atoms. The minimum Gasteiger partial charge on any atom is -0.481 e. The first kappa shape index (κ1) is 12.5. The Hall–Kier alpha value is -1.58. The highest BCUT2D eigenvalue weighted by atomic mass is 35.5. The number of hydrogen-bond donors (Lipinski definition) is 1. The molecular weight excluding hydrogens is 280 g/mol. The molecule has 0 spiro atoms. The molecule has 0 aliphatic carbocycles. The number of aliphatic carboxylic acids is 1. The second-order valence-corrected chi connectivity index (χ2v) is 6.04. The summed E-state index contributed by atoms with van der Waals surface area (Å²) in [6.45, 7) is 2.02. The summed E-state index contributed by atoms with van der Waals surface area (Å²) in [5.41, 5.74) is 1.91. The zero-order valence-corrected chi connectivity index (χ0v) is 11.8. The lowest BCUT2D eigenvalue weighted by molar-refractivity contribution is -0.136. The molecule has 0 amide bonds. The Morgan fingerprint density at radius 1 is 1.26 bits per heavy atom. The van der Waals surface area contributed by atoms with Gasteiger partial charge in [-0.15, -0.1) is 11.3 Å². The average molecular weight is 291 g/mol. The number of halogens is 1. The smallest absolute Gasteiger partial charge is 0.307 e. The highest BCUT2D eigenvalue weighted by molar-refractivity contribution is 7.25. The second kappa shape index (κ2) is 4.51. The van der Waals surface area contributed by atoms with Gasteiger partial charge in [-0.2, -0.15) is 0 Å². The molecule has 2 nitrogen and oxygen atoms in total. The van der Waals surface area contributed by atoms with E-state index >= 15 is 0 Å². The fourth-order valence-electron chi connectivity index (χ4n) is 2.34. The molecule has 96 valence electrons. The molecule has 1 N–H and O–H groups in total. The maximum Gasteiger partial charge on any atom is 0.307 e. The highest BCUT2D eigenvalue weighted by Gasteiger charge is 2.10. The summed E-state index contributed by atoms with van der Waals surface area (Å²) < 4.78 is 2.29. The van der Waals surface area contributed by atoms with Crippen LogP contribution in [0.4, 0.5) is 0 Å².